The van der Waals surface area contributed by atoms with Crippen molar-refractivity contribution in [2.24, 2.45) is 0 Å². The Kier molecular flexibility index (Phi) is 3.36. The van der Waals surface area contributed by atoms with Crippen LogP contribution in [-0.2, 0) is 0 Å². The highest BCUT2D eigenvalue weighted by Gasteiger charge is 2.10. The van der Waals surface area contributed by atoms with Gasteiger partial charge in [0.25, 0.3) is 0 Å². The quantitative estimate of drug-likeness (QED) is 0.897. The monoisotopic (exact) mass is 256 g/mol. The molecular formula is C11H10Cl2N2O. The van der Waals surface area contributed by atoms with E-state index < -0.39 is 0 Å². The first-order chi connectivity index (χ1) is 7.66. The number of halogens is 2. The fraction of sp³-hybridized carbons (Fsp3) is 0.182. The Balaban J connectivity index is 2.15. The van der Waals surface area contributed by atoms with Crippen LogP contribution in [0.4, 0.5) is 5.82 Å². The third-order valence-corrected chi connectivity index (χ3v) is 2.63. The number of furan rings is 1. The van der Waals surface area contributed by atoms with Crippen LogP contribution in [0.1, 0.15) is 18.7 Å². The van der Waals surface area contributed by atoms with E-state index in [9.17, 15) is 0 Å². The standard InChI is InChI=1S/C11H10Cl2N2O/c1-7(10-3-2-4-16-10)15-11-9(13)5-8(12)6-14-11/h2-7H,1H3,(H,14,15). The number of nitrogens with one attached hydrogen (secondary N) is 1. The Labute approximate surface area is 103 Å². The molecule has 5 heteroatoms. The van der Waals surface area contributed by atoms with E-state index in [1.807, 2.05) is 19.1 Å². The summed E-state index contributed by atoms with van der Waals surface area (Å²) in [5.74, 6) is 1.42. The molecular weight excluding hydrogens is 247 g/mol. The third-order valence-electron chi connectivity index (χ3n) is 2.13. The Bertz CT molecular complexity index is 471. The maximum Gasteiger partial charge on any atom is 0.145 e. The molecule has 84 valence electrons. The van der Waals surface area contributed by atoms with Crippen LogP contribution in [-0.4, -0.2) is 4.98 Å². The predicted molar refractivity (Wildman–Crippen MR) is 65.0 cm³/mol. The fourth-order valence-electron chi connectivity index (χ4n) is 1.33. The Morgan fingerprint density at radius 1 is 1.44 bits per heavy atom. The van der Waals surface area contributed by atoms with Crippen molar-refractivity contribution in [3.63, 3.8) is 0 Å². The third kappa shape index (κ3) is 2.49. The normalized spacial score (nSPS) is 12.4. The number of hydrogen-bond acceptors (Lipinski definition) is 3. The first-order valence-corrected chi connectivity index (χ1v) is 5.53. The van der Waals surface area contributed by atoms with Crippen LogP contribution >= 0.6 is 23.2 Å². The van der Waals surface area contributed by atoms with Crippen LogP contribution < -0.4 is 5.32 Å². The number of pyridine rings is 1. The molecule has 0 fully saturated rings. The van der Waals surface area contributed by atoms with E-state index >= 15 is 0 Å². The average molecular weight is 257 g/mol. The predicted octanol–water partition coefficient (Wildman–Crippen LogP) is 4.15. The molecule has 0 saturated carbocycles. The molecule has 0 aliphatic rings. The molecule has 0 radical (unpaired) electrons. The summed E-state index contributed by atoms with van der Waals surface area (Å²) < 4.78 is 5.27. The Hall–Kier alpha value is -1.19. The zero-order valence-electron chi connectivity index (χ0n) is 8.58. The lowest BCUT2D eigenvalue weighted by atomic mass is 10.2. The van der Waals surface area contributed by atoms with Crippen molar-refractivity contribution in [1.29, 1.82) is 0 Å². The summed E-state index contributed by atoms with van der Waals surface area (Å²) in [5.41, 5.74) is 0. The highest BCUT2D eigenvalue weighted by atomic mass is 35.5. The molecule has 16 heavy (non-hydrogen) atoms. The SMILES string of the molecule is CC(Nc1ncc(Cl)cc1Cl)c1ccco1. The van der Waals surface area contributed by atoms with Crippen LogP contribution in [0.3, 0.4) is 0 Å². The molecule has 2 aromatic heterocycles. The molecule has 2 rings (SSSR count). The average Bonchev–Trinajstić information content (AvgIpc) is 2.75. The summed E-state index contributed by atoms with van der Waals surface area (Å²) in [5, 5.41) is 4.15. The molecule has 0 aromatic carbocycles. The van der Waals surface area contributed by atoms with Crippen LogP contribution in [0, 0.1) is 0 Å². The maximum atomic E-state index is 5.99. The van der Waals surface area contributed by atoms with E-state index in [0.29, 0.717) is 15.9 Å². The molecule has 0 aliphatic carbocycles. The molecule has 2 aromatic rings. The molecule has 0 spiro atoms. The van der Waals surface area contributed by atoms with Gasteiger partial charge in [-0.05, 0) is 25.1 Å². The van der Waals surface area contributed by atoms with Crippen molar-refractivity contribution in [1.82, 2.24) is 4.98 Å². The van der Waals surface area contributed by atoms with Gasteiger partial charge in [-0.2, -0.15) is 0 Å². The summed E-state index contributed by atoms with van der Waals surface area (Å²) in [6.45, 7) is 1.96. The number of rotatable bonds is 3. The van der Waals surface area contributed by atoms with Gasteiger partial charge in [-0.25, -0.2) is 4.98 Å². The van der Waals surface area contributed by atoms with Gasteiger partial charge in [0, 0.05) is 6.20 Å². The molecule has 0 aliphatic heterocycles. The van der Waals surface area contributed by atoms with Gasteiger partial charge < -0.3 is 9.73 Å². The molecule has 0 amide bonds. The largest absolute Gasteiger partial charge is 0.467 e. The zero-order valence-corrected chi connectivity index (χ0v) is 10.1. The van der Waals surface area contributed by atoms with Crippen LogP contribution in [0.2, 0.25) is 10.0 Å². The van der Waals surface area contributed by atoms with Gasteiger partial charge in [0.2, 0.25) is 0 Å². The molecule has 1 unspecified atom stereocenters. The molecule has 2 heterocycles. The first-order valence-electron chi connectivity index (χ1n) is 4.78. The van der Waals surface area contributed by atoms with E-state index in [1.165, 1.54) is 0 Å². The van der Waals surface area contributed by atoms with Crippen molar-refractivity contribution in [2.45, 2.75) is 13.0 Å². The van der Waals surface area contributed by atoms with E-state index in [2.05, 4.69) is 10.3 Å². The first kappa shape index (κ1) is 11.3. The molecule has 3 nitrogen and oxygen atoms in total. The Morgan fingerprint density at radius 3 is 2.88 bits per heavy atom. The highest BCUT2D eigenvalue weighted by Crippen LogP contribution is 2.26. The van der Waals surface area contributed by atoms with Gasteiger partial charge in [0.1, 0.15) is 11.6 Å². The zero-order chi connectivity index (χ0) is 11.5. The van der Waals surface area contributed by atoms with E-state index in [-0.39, 0.29) is 6.04 Å². The van der Waals surface area contributed by atoms with Crippen molar-refractivity contribution in [3.05, 3.63) is 46.5 Å². The number of aromatic nitrogens is 1. The maximum absolute atomic E-state index is 5.99. The van der Waals surface area contributed by atoms with Crippen LogP contribution in [0.25, 0.3) is 0 Å². The Morgan fingerprint density at radius 2 is 2.25 bits per heavy atom. The smallest absolute Gasteiger partial charge is 0.145 e. The number of hydrogen-bond donors (Lipinski definition) is 1. The summed E-state index contributed by atoms with van der Waals surface area (Å²) >= 11 is 11.8. The van der Waals surface area contributed by atoms with Crippen molar-refractivity contribution in [3.8, 4) is 0 Å². The van der Waals surface area contributed by atoms with Gasteiger partial charge >= 0.3 is 0 Å². The molecule has 0 saturated heterocycles. The summed E-state index contributed by atoms with van der Waals surface area (Å²) in [6, 6.07) is 5.38. The lowest BCUT2D eigenvalue weighted by Crippen LogP contribution is -2.07. The molecule has 0 bridgehead atoms. The van der Waals surface area contributed by atoms with E-state index in [1.54, 1.807) is 18.5 Å². The van der Waals surface area contributed by atoms with Crippen molar-refractivity contribution in [2.75, 3.05) is 5.32 Å². The van der Waals surface area contributed by atoms with Crippen LogP contribution in [0.5, 0.6) is 0 Å². The second-order valence-electron chi connectivity index (χ2n) is 3.37. The lowest BCUT2D eigenvalue weighted by Gasteiger charge is -2.13. The topological polar surface area (TPSA) is 38.1 Å². The van der Waals surface area contributed by atoms with E-state index in [0.717, 1.165) is 5.76 Å². The van der Waals surface area contributed by atoms with Crippen LogP contribution in [0.15, 0.2) is 35.1 Å². The molecule has 1 atom stereocenters. The van der Waals surface area contributed by atoms with E-state index in [4.69, 9.17) is 27.6 Å². The second kappa shape index (κ2) is 4.76. The van der Waals surface area contributed by atoms with Gasteiger partial charge in [-0.1, -0.05) is 23.2 Å². The minimum Gasteiger partial charge on any atom is -0.467 e. The molecule has 1 N–H and O–H groups in total. The summed E-state index contributed by atoms with van der Waals surface area (Å²) in [7, 11) is 0. The minimum absolute atomic E-state index is 0.00109. The fourth-order valence-corrected chi connectivity index (χ4v) is 1.77. The van der Waals surface area contributed by atoms with Gasteiger partial charge in [0.05, 0.1) is 22.4 Å². The lowest BCUT2D eigenvalue weighted by molar-refractivity contribution is 0.490. The van der Waals surface area contributed by atoms with Crippen molar-refractivity contribution >= 4 is 29.0 Å². The van der Waals surface area contributed by atoms with Crippen molar-refractivity contribution < 1.29 is 4.42 Å². The number of anilines is 1. The summed E-state index contributed by atoms with van der Waals surface area (Å²) in [4.78, 5) is 4.11. The van der Waals surface area contributed by atoms with Gasteiger partial charge in [-0.15, -0.1) is 0 Å². The minimum atomic E-state index is 0.00109. The van der Waals surface area contributed by atoms with Gasteiger partial charge in [-0.3, -0.25) is 0 Å². The van der Waals surface area contributed by atoms with Gasteiger partial charge in [0.15, 0.2) is 0 Å². The number of nitrogens with zero attached hydrogens (tertiary/aromatic N) is 1. The highest BCUT2D eigenvalue weighted by molar-refractivity contribution is 6.35. The summed E-state index contributed by atoms with van der Waals surface area (Å²) in [6.07, 6.45) is 3.18. The second-order valence-corrected chi connectivity index (χ2v) is 4.21.